The van der Waals surface area contributed by atoms with Crippen LogP contribution in [0, 0.1) is 0 Å². The Morgan fingerprint density at radius 1 is 1.35 bits per heavy atom. The number of ether oxygens (including phenoxy) is 2. The highest BCUT2D eigenvalue weighted by Gasteiger charge is 2.44. The van der Waals surface area contributed by atoms with E-state index in [1.165, 1.54) is 0 Å². The molecule has 2 aliphatic rings. The molecule has 7 nitrogen and oxygen atoms in total. The van der Waals surface area contributed by atoms with Gasteiger partial charge in [0, 0.05) is 26.2 Å². The van der Waals surface area contributed by atoms with Gasteiger partial charge < -0.3 is 19.5 Å². The van der Waals surface area contributed by atoms with Gasteiger partial charge in [-0.25, -0.2) is 4.79 Å². The number of aliphatic carboxylic acids is 1. The maximum Gasteiger partial charge on any atom is 0.329 e. The molecule has 2 fully saturated rings. The fraction of sp³-hybridized carbons (Fsp3) is 0.846. The number of carboxylic acids is 1. The van der Waals surface area contributed by atoms with Gasteiger partial charge in [0.25, 0.3) is 0 Å². The third kappa shape index (κ3) is 3.47. The predicted octanol–water partition coefficient (Wildman–Crippen LogP) is -0.591. The minimum absolute atomic E-state index is 0.105. The molecule has 0 spiro atoms. The SMILES string of the molecule is CC(C(=O)N1CCOCC1)N1CC(C)(OCC(=O)O)C1. The van der Waals surface area contributed by atoms with Crippen molar-refractivity contribution in [2.75, 3.05) is 46.0 Å². The maximum absolute atomic E-state index is 12.3. The van der Waals surface area contributed by atoms with Crippen molar-refractivity contribution in [3.8, 4) is 0 Å². The summed E-state index contributed by atoms with van der Waals surface area (Å²) in [6, 6.07) is -0.199. The molecule has 2 heterocycles. The molecule has 2 saturated heterocycles. The molecule has 0 radical (unpaired) electrons. The van der Waals surface area contributed by atoms with Gasteiger partial charge in [-0.15, -0.1) is 0 Å². The van der Waals surface area contributed by atoms with E-state index in [1.807, 2.05) is 23.6 Å². The second-order valence-electron chi connectivity index (χ2n) is 5.65. The van der Waals surface area contributed by atoms with Gasteiger partial charge in [-0.2, -0.15) is 0 Å². The molecular weight excluding hydrogens is 264 g/mol. The molecule has 1 unspecified atom stereocenters. The van der Waals surface area contributed by atoms with E-state index < -0.39 is 11.6 Å². The first kappa shape index (κ1) is 15.2. The van der Waals surface area contributed by atoms with Crippen LogP contribution in [0.25, 0.3) is 0 Å². The molecule has 0 saturated carbocycles. The second kappa shape index (κ2) is 6.07. The summed E-state index contributed by atoms with van der Waals surface area (Å²) in [4.78, 5) is 26.6. The third-order valence-electron chi connectivity index (χ3n) is 3.85. The Morgan fingerprint density at radius 2 is 1.95 bits per heavy atom. The molecule has 0 aromatic heterocycles. The van der Waals surface area contributed by atoms with Crippen molar-refractivity contribution in [1.29, 1.82) is 0 Å². The largest absolute Gasteiger partial charge is 0.480 e. The Morgan fingerprint density at radius 3 is 2.50 bits per heavy atom. The average molecular weight is 286 g/mol. The lowest BCUT2D eigenvalue weighted by molar-refractivity contribution is -0.174. The second-order valence-corrected chi connectivity index (χ2v) is 5.65. The van der Waals surface area contributed by atoms with Crippen LogP contribution in [-0.2, 0) is 19.1 Å². The van der Waals surface area contributed by atoms with Crippen LogP contribution in [0.4, 0.5) is 0 Å². The third-order valence-corrected chi connectivity index (χ3v) is 3.85. The van der Waals surface area contributed by atoms with Crippen molar-refractivity contribution in [3.63, 3.8) is 0 Å². The van der Waals surface area contributed by atoms with Crippen molar-refractivity contribution < 1.29 is 24.2 Å². The maximum atomic E-state index is 12.3. The monoisotopic (exact) mass is 286 g/mol. The van der Waals surface area contributed by atoms with Gasteiger partial charge in [0.15, 0.2) is 0 Å². The zero-order valence-electron chi connectivity index (χ0n) is 12.0. The van der Waals surface area contributed by atoms with E-state index in [0.717, 1.165) is 0 Å². The van der Waals surface area contributed by atoms with Crippen LogP contribution in [0.3, 0.4) is 0 Å². The molecule has 0 aliphatic carbocycles. The number of nitrogens with zero attached hydrogens (tertiary/aromatic N) is 2. The number of likely N-dealkylation sites (tertiary alicyclic amines) is 1. The van der Waals surface area contributed by atoms with E-state index in [2.05, 4.69) is 0 Å². The van der Waals surface area contributed by atoms with Gasteiger partial charge in [0.2, 0.25) is 5.91 Å². The zero-order chi connectivity index (χ0) is 14.8. The summed E-state index contributed by atoms with van der Waals surface area (Å²) in [6.45, 7) is 7.10. The number of carbonyl (C=O) groups is 2. The average Bonchev–Trinajstić information content (AvgIpc) is 2.41. The fourth-order valence-corrected chi connectivity index (χ4v) is 2.62. The molecule has 0 aromatic rings. The zero-order valence-corrected chi connectivity index (χ0v) is 12.0. The highest BCUT2D eigenvalue weighted by molar-refractivity contribution is 5.81. The standard InChI is InChI=1S/C13H22N2O5/c1-10(12(18)14-3-5-19-6-4-14)15-8-13(2,9-15)20-7-11(16)17/h10H,3-9H2,1-2H3,(H,16,17). The lowest BCUT2D eigenvalue weighted by Crippen LogP contribution is -2.66. The minimum atomic E-state index is -0.970. The topological polar surface area (TPSA) is 79.3 Å². The van der Waals surface area contributed by atoms with Gasteiger partial charge in [0.05, 0.1) is 24.9 Å². The van der Waals surface area contributed by atoms with Gasteiger partial charge in [-0.05, 0) is 13.8 Å². The summed E-state index contributed by atoms with van der Waals surface area (Å²) in [5.41, 5.74) is -0.460. The van der Waals surface area contributed by atoms with E-state index in [4.69, 9.17) is 14.6 Å². The lowest BCUT2D eigenvalue weighted by atomic mass is 9.94. The van der Waals surface area contributed by atoms with Crippen molar-refractivity contribution in [2.45, 2.75) is 25.5 Å². The first-order chi connectivity index (χ1) is 9.41. The normalized spacial score (nSPS) is 24.0. The first-order valence-electron chi connectivity index (χ1n) is 6.88. The fourth-order valence-electron chi connectivity index (χ4n) is 2.62. The lowest BCUT2D eigenvalue weighted by Gasteiger charge is -2.50. The smallest absolute Gasteiger partial charge is 0.329 e. The van der Waals surface area contributed by atoms with E-state index >= 15 is 0 Å². The summed E-state index contributed by atoms with van der Waals surface area (Å²) in [5.74, 6) is -0.865. The summed E-state index contributed by atoms with van der Waals surface area (Å²) in [5, 5.41) is 8.62. The number of amides is 1. The van der Waals surface area contributed by atoms with Gasteiger partial charge in [0.1, 0.15) is 6.61 Å². The number of morpholine rings is 1. The highest BCUT2D eigenvalue weighted by atomic mass is 16.5. The van der Waals surface area contributed by atoms with Gasteiger partial charge in [-0.1, -0.05) is 0 Å². The predicted molar refractivity (Wildman–Crippen MR) is 70.4 cm³/mol. The molecule has 20 heavy (non-hydrogen) atoms. The van der Waals surface area contributed by atoms with Gasteiger partial charge >= 0.3 is 5.97 Å². The van der Waals surface area contributed by atoms with Crippen molar-refractivity contribution >= 4 is 11.9 Å². The quantitative estimate of drug-likeness (QED) is 0.728. The molecule has 114 valence electrons. The Balaban J connectivity index is 1.79. The number of hydrogen-bond donors (Lipinski definition) is 1. The molecule has 0 aromatic carbocycles. The highest BCUT2D eigenvalue weighted by Crippen LogP contribution is 2.27. The van der Waals surface area contributed by atoms with Crippen molar-refractivity contribution in [3.05, 3.63) is 0 Å². The van der Waals surface area contributed by atoms with Crippen LogP contribution < -0.4 is 0 Å². The molecule has 7 heteroatoms. The van der Waals surface area contributed by atoms with E-state index in [-0.39, 0.29) is 18.6 Å². The van der Waals surface area contributed by atoms with Crippen LogP contribution in [0.5, 0.6) is 0 Å². The van der Waals surface area contributed by atoms with Crippen LogP contribution >= 0.6 is 0 Å². The first-order valence-corrected chi connectivity index (χ1v) is 6.88. The van der Waals surface area contributed by atoms with E-state index in [1.54, 1.807) is 0 Å². The summed E-state index contributed by atoms with van der Waals surface area (Å²) in [7, 11) is 0. The number of rotatable bonds is 5. The Kier molecular flexibility index (Phi) is 4.62. The molecular formula is C13H22N2O5. The molecule has 1 N–H and O–H groups in total. The van der Waals surface area contributed by atoms with Crippen molar-refractivity contribution in [2.24, 2.45) is 0 Å². The molecule has 2 rings (SSSR count). The summed E-state index contributed by atoms with van der Waals surface area (Å²) >= 11 is 0. The summed E-state index contributed by atoms with van der Waals surface area (Å²) < 4.78 is 10.6. The molecule has 2 aliphatic heterocycles. The number of carbonyl (C=O) groups excluding carboxylic acids is 1. The van der Waals surface area contributed by atoms with E-state index in [9.17, 15) is 9.59 Å². The van der Waals surface area contributed by atoms with Crippen LogP contribution in [0.2, 0.25) is 0 Å². The molecule has 0 bridgehead atoms. The number of hydrogen-bond acceptors (Lipinski definition) is 5. The molecule has 1 atom stereocenters. The molecule has 1 amide bonds. The van der Waals surface area contributed by atoms with E-state index in [0.29, 0.717) is 39.4 Å². The van der Waals surface area contributed by atoms with Gasteiger partial charge in [-0.3, -0.25) is 9.69 Å². The Bertz CT molecular complexity index is 375. The Labute approximate surface area is 118 Å². The van der Waals surface area contributed by atoms with Crippen LogP contribution in [0.15, 0.2) is 0 Å². The number of carboxylic acid groups (broad SMARTS) is 1. The van der Waals surface area contributed by atoms with Crippen LogP contribution in [-0.4, -0.2) is 84.4 Å². The van der Waals surface area contributed by atoms with Crippen LogP contribution in [0.1, 0.15) is 13.8 Å². The Hall–Kier alpha value is -1.18. The summed E-state index contributed by atoms with van der Waals surface area (Å²) in [6.07, 6.45) is 0. The van der Waals surface area contributed by atoms with Crippen molar-refractivity contribution in [1.82, 2.24) is 9.80 Å². The minimum Gasteiger partial charge on any atom is -0.480 e.